The highest BCUT2D eigenvalue weighted by molar-refractivity contribution is 7.92. The van der Waals surface area contributed by atoms with Crippen molar-refractivity contribution in [3.63, 3.8) is 0 Å². The van der Waals surface area contributed by atoms with Crippen LogP contribution in [0, 0.1) is 6.92 Å². The summed E-state index contributed by atoms with van der Waals surface area (Å²) in [5.74, 6) is -0.818. The maximum Gasteiger partial charge on any atom is 0.264 e. The Kier molecular flexibility index (Phi) is 10.3. The van der Waals surface area contributed by atoms with E-state index >= 15 is 0 Å². The van der Waals surface area contributed by atoms with Crippen LogP contribution < -0.4 is 9.62 Å². The molecule has 4 rings (SSSR count). The maximum absolute atomic E-state index is 14.1. The molecule has 1 saturated carbocycles. The summed E-state index contributed by atoms with van der Waals surface area (Å²) in [6.45, 7) is 3.07. The van der Waals surface area contributed by atoms with Crippen molar-refractivity contribution in [1.29, 1.82) is 0 Å². The van der Waals surface area contributed by atoms with E-state index in [1.807, 2.05) is 37.3 Å². The van der Waals surface area contributed by atoms with Gasteiger partial charge in [-0.15, -0.1) is 0 Å². The molecule has 0 radical (unpaired) electrons. The van der Waals surface area contributed by atoms with Crippen molar-refractivity contribution in [2.75, 3.05) is 10.8 Å². The summed E-state index contributed by atoms with van der Waals surface area (Å²) in [5, 5.41) is 3.49. The van der Waals surface area contributed by atoms with Gasteiger partial charge in [0, 0.05) is 17.6 Å². The minimum atomic E-state index is -4.24. The third-order valence-electron chi connectivity index (χ3n) is 7.38. The molecule has 0 bridgehead atoms. The van der Waals surface area contributed by atoms with Crippen LogP contribution in [0.2, 0.25) is 10.0 Å². The lowest BCUT2D eigenvalue weighted by Gasteiger charge is -2.33. The van der Waals surface area contributed by atoms with Crippen LogP contribution in [0.3, 0.4) is 0 Å². The van der Waals surface area contributed by atoms with E-state index in [0.29, 0.717) is 0 Å². The van der Waals surface area contributed by atoms with Gasteiger partial charge in [-0.3, -0.25) is 13.9 Å². The number of hydrogen-bond acceptors (Lipinski definition) is 4. The Balaban J connectivity index is 1.69. The number of halogens is 2. The number of carbonyl (C=O) groups is 2. The minimum absolute atomic E-state index is 0.00430. The average molecular weight is 617 g/mol. The number of carbonyl (C=O) groups excluding carboxylic acids is 2. The lowest BCUT2D eigenvalue weighted by atomic mass is 9.95. The van der Waals surface area contributed by atoms with E-state index in [2.05, 4.69) is 5.32 Å². The van der Waals surface area contributed by atoms with Crippen LogP contribution in [0.15, 0.2) is 77.7 Å². The number of nitrogens with zero attached hydrogens (tertiary/aromatic N) is 2. The quantitative estimate of drug-likeness (QED) is 0.287. The highest BCUT2D eigenvalue weighted by Crippen LogP contribution is 2.33. The number of rotatable bonds is 10. The van der Waals surface area contributed by atoms with Gasteiger partial charge in [-0.1, -0.05) is 90.5 Å². The molecule has 218 valence electrons. The summed E-state index contributed by atoms with van der Waals surface area (Å²) in [5.41, 5.74) is 1.78. The van der Waals surface area contributed by atoms with E-state index in [9.17, 15) is 18.0 Å². The summed E-state index contributed by atoms with van der Waals surface area (Å²) < 4.78 is 28.9. The van der Waals surface area contributed by atoms with Crippen molar-refractivity contribution in [3.8, 4) is 0 Å². The first-order valence-electron chi connectivity index (χ1n) is 13.7. The molecule has 1 fully saturated rings. The zero-order chi connectivity index (χ0) is 29.6. The first-order valence-corrected chi connectivity index (χ1v) is 15.9. The van der Waals surface area contributed by atoms with Gasteiger partial charge in [0.2, 0.25) is 11.8 Å². The van der Waals surface area contributed by atoms with Crippen molar-refractivity contribution in [1.82, 2.24) is 10.2 Å². The fourth-order valence-corrected chi connectivity index (χ4v) is 6.82. The number of hydrogen-bond donors (Lipinski definition) is 1. The number of aryl methyl sites for hydroxylation is 1. The Labute approximate surface area is 252 Å². The van der Waals surface area contributed by atoms with Crippen molar-refractivity contribution in [2.24, 2.45) is 0 Å². The van der Waals surface area contributed by atoms with Crippen LogP contribution in [0.4, 0.5) is 5.69 Å². The Morgan fingerprint density at radius 2 is 1.61 bits per heavy atom. The van der Waals surface area contributed by atoms with Crippen LogP contribution >= 0.6 is 23.2 Å². The van der Waals surface area contributed by atoms with Crippen molar-refractivity contribution < 1.29 is 18.0 Å². The molecule has 3 aromatic rings. The van der Waals surface area contributed by atoms with Crippen molar-refractivity contribution in [2.45, 2.75) is 69.5 Å². The second-order valence-corrected chi connectivity index (χ2v) is 13.2. The molecule has 10 heteroatoms. The molecule has 1 aliphatic rings. The van der Waals surface area contributed by atoms with E-state index < -0.39 is 28.5 Å². The molecular formula is C31H35Cl2N3O4S. The minimum Gasteiger partial charge on any atom is -0.352 e. The summed E-state index contributed by atoms with van der Waals surface area (Å²) in [6.07, 6.45) is 5.07. The predicted octanol–water partition coefficient (Wildman–Crippen LogP) is 6.36. The van der Waals surface area contributed by atoms with Crippen LogP contribution in [0.1, 0.15) is 50.2 Å². The molecule has 2 amide bonds. The topological polar surface area (TPSA) is 86.8 Å². The van der Waals surface area contributed by atoms with Crippen molar-refractivity contribution in [3.05, 3.63) is 94.0 Å². The Hall–Kier alpha value is -3.07. The molecule has 0 spiro atoms. The first kappa shape index (κ1) is 30.9. The highest BCUT2D eigenvalue weighted by Gasteiger charge is 2.34. The predicted molar refractivity (Wildman–Crippen MR) is 164 cm³/mol. The third-order valence-corrected chi connectivity index (χ3v) is 9.71. The summed E-state index contributed by atoms with van der Waals surface area (Å²) >= 11 is 12.7. The summed E-state index contributed by atoms with van der Waals surface area (Å²) in [4.78, 5) is 28.9. The van der Waals surface area contributed by atoms with Crippen LogP contribution in [-0.4, -0.2) is 43.8 Å². The second kappa shape index (κ2) is 13.7. The SMILES string of the molecule is Cc1ccc(S(=O)(=O)N(CC(=O)N(Cc2ccccc2)[C@@H](C)C(=O)NC2CCCCC2)c2cc(Cl)ccc2Cl)cc1. The number of sulfonamides is 1. The molecule has 7 nitrogen and oxygen atoms in total. The van der Waals surface area contributed by atoms with Gasteiger partial charge in [-0.05, 0) is 62.6 Å². The van der Waals surface area contributed by atoms with Crippen LogP contribution in [0.25, 0.3) is 0 Å². The molecule has 41 heavy (non-hydrogen) atoms. The molecule has 1 atom stereocenters. The Morgan fingerprint density at radius 1 is 0.951 bits per heavy atom. The largest absolute Gasteiger partial charge is 0.352 e. The molecule has 0 aromatic heterocycles. The highest BCUT2D eigenvalue weighted by atomic mass is 35.5. The monoisotopic (exact) mass is 615 g/mol. The van der Waals surface area contributed by atoms with Gasteiger partial charge < -0.3 is 10.2 Å². The molecule has 1 N–H and O–H groups in total. The van der Waals surface area contributed by atoms with Gasteiger partial charge in [0.05, 0.1) is 15.6 Å². The maximum atomic E-state index is 14.1. The van der Waals surface area contributed by atoms with Gasteiger partial charge in [0.1, 0.15) is 12.6 Å². The number of benzene rings is 3. The molecule has 0 unspecified atom stereocenters. The van der Waals surface area contributed by atoms with Gasteiger partial charge in [0.25, 0.3) is 10.0 Å². The van der Waals surface area contributed by atoms with E-state index in [-0.39, 0.29) is 39.1 Å². The molecule has 1 aliphatic carbocycles. The zero-order valence-corrected chi connectivity index (χ0v) is 25.6. The first-order chi connectivity index (χ1) is 19.6. The standard InChI is InChI=1S/C31H35Cl2N3O4S/c1-22-13-16-27(17-14-22)41(39,40)36(29-19-25(32)15-18-28(29)33)21-30(37)35(20-24-9-5-3-6-10-24)23(2)31(38)34-26-11-7-4-8-12-26/h3,5-6,9-10,13-19,23,26H,4,7-8,11-12,20-21H2,1-2H3,(H,34,38)/t23-/m0/s1. The molecule has 3 aromatic carbocycles. The number of anilines is 1. The van der Waals surface area contributed by atoms with Gasteiger partial charge >= 0.3 is 0 Å². The van der Waals surface area contributed by atoms with Gasteiger partial charge in [-0.25, -0.2) is 8.42 Å². The zero-order valence-electron chi connectivity index (χ0n) is 23.2. The lowest BCUT2D eigenvalue weighted by molar-refractivity contribution is -0.139. The summed E-state index contributed by atoms with van der Waals surface area (Å²) in [6, 6.07) is 19.3. The fraction of sp³-hybridized carbons (Fsp3) is 0.355. The number of amides is 2. The van der Waals surface area contributed by atoms with Crippen LogP contribution in [-0.2, 0) is 26.2 Å². The van der Waals surface area contributed by atoms with Crippen molar-refractivity contribution >= 4 is 50.7 Å². The van der Waals surface area contributed by atoms with E-state index in [1.165, 1.54) is 29.2 Å². The van der Waals surface area contributed by atoms with E-state index in [1.54, 1.807) is 25.1 Å². The second-order valence-electron chi connectivity index (χ2n) is 10.4. The van der Waals surface area contributed by atoms with Gasteiger partial charge in [0.15, 0.2) is 0 Å². The number of nitrogens with one attached hydrogen (secondary N) is 1. The molecule has 0 heterocycles. The molecular weight excluding hydrogens is 581 g/mol. The Morgan fingerprint density at radius 3 is 2.27 bits per heavy atom. The fourth-order valence-electron chi connectivity index (χ4n) is 4.96. The van der Waals surface area contributed by atoms with Gasteiger partial charge in [-0.2, -0.15) is 0 Å². The lowest BCUT2D eigenvalue weighted by Crippen LogP contribution is -2.53. The normalized spacial score (nSPS) is 14.7. The van der Waals surface area contributed by atoms with E-state index in [4.69, 9.17) is 23.2 Å². The molecule has 0 aliphatic heterocycles. The average Bonchev–Trinajstić information content (AvgIpc) is 2.96. The van der Waals surface area contributed by atoms with E-state index in [0.717, 1.165) is 47.5 Å². The summed E-state index contributed by atoms with van der Waals surface area (Å²) in [7, 11) is -4.24. The molecule has 0 saturated heterocycles. The third kappa shape index (κ3) is 7.82. The smallest absolute Gasteiger partial charge is 0.264 e. The van der Waals surface area contributed by atoms with Crippen LogP contribution in [0.5, 0.6) is 0 Å². The Bertz CT molecular complexity index is 1460.